The highest BCUT2D eigenvalue weighted by atomic mass is 19.1. The summed E-state index contributed by atoms with van der Waals surface area (Å²) in [7, 11) is 0. The van der Waals surface area contributed by atoms with Gasteiger partial charge in [0, 0.05) is 44.5 Å². The molecular formula is C21H21FN4O. The molecule has 6 heteroatoms. The Balaban J connectivity index is 1.30. The molecule has 27 heavy (non-hydrogen) atoms. The summed E-state index contributed by atoms with van der Waals surface area (Å²) in [5.74, 6) is -0.129. The van der Waals surface area contributed by atoms with E-state index in [1.54, 1.807) is 18.3 Å². The number of rotatable bonds is 6. The van der Waals surface area contributed by atoms with Crippen LogP contribution in [-0.2, 0) is 17.9 Å². The van der Waals surface area contributed by atoms with Crippen molar-refractivity contribution in [1.82, 2.24) is 20.0 Å². The molecule has 0 radical (unpaired) electrons. The van der Waals surface area contributed by atoms with Crippen LogP contribution in [0.1, 0.15) is 17.5 Å². The predicted molar refractivity (Wildman–Crippen MR) is 101 cm³/mol. The average Bonchev–Trinajstić information content (AvgIpc) is 3.33. The van der Waals surface area contributed by atoms with Gasteiger partial charge in [-0.25, -0.2) is 9.07 Å². The van der Waals surface area contributed by atoms with E-state index in [1.165, 1.54) is 12.1 Å². The van der Waals surface area contributed by atoms with Gasteiger partial charge in [0.1, 0.15) is 5.82 Å². The molecule has 1 N–H and O–H groups in total. The van der Waals surface area contributed by atoms with E-state index in [0.717, 1.165) is 16.8 Å². The zero-order valence-electron chi connectivity index (χ0n) is 14.9. The quantitative estimate of drug-likeness (QED) is 0.732. The van der Waals surface area contributed by atoms with Crippen LogP contribution in [0.3, 0.4) is 0 Å². The maximum Gasteiger partial charge on any atom is 0.224 e. The number of likely N-dealkylation sites (tertiary alicyclic amines) is 1. The maximum atomic E-state index is 13.0. The zero-order chi connectivity index (χ0) is 18.6. The molecule has 2 aromatic carbocycles. The van der Waals surface area contributed by atoms with Crippen molar-refractivity contribution in [1.29, 1.82) is 0 Å². The summed E-state index contributed by atoms with van der Waals surface area (Å²) >= 11 is 0. The number of amides is 1. The van der Waals surface area contributed by atoms with Crippen molar-refractivity contribution in [3.63, 3.8) is 0 Å². The second-order valence-electron chi connectivity index (χ2n) is 6.80. The predicted octanol–water partition coefficient (Wildman–Crippen LogP) is 2.90. The number of aromatic nitrogens is 2. The minimum atomic E-state index is -0.260. The molecule has 1 fully saturated rings. The SMILES string of the molecule is O=C1C[C@H](NCc2ccc(-n3cccn3)cc2)CN1Cc1ccc(F)cc1. The van der Waals surface area contributed by atoms with E-state index in [-0.39, 0.29) is 17.8 Å². The van der Waals surface area contributed by atoms with Crippen molar-refractivity contribution in [3.05, 3.63) is 83.9 Å². The number of hydrogen-bond acceptors (Lipinski definition) is 3. The second-order valence-corrected chi connectivity index (χ2v) is 6.80. The lowest BCUT2D eigenvalue weighted by molar-refractivity contribution is -0.128. The molecule has 1 amide bonds. The lowest BCUT2D eigenvalue weighted by Crippen LogP contribution is -2.32. The van der Waals surface area contributed by atoms with Crippen molar-refractivity contribution in [2.45, 2.75) is 25.6 Å². The highest BCUT2D eigenvalue weighted by molar-refractivity contribution is 5.79. The Hall–Kier alpha value is -2.99. The number of nitrogens with zero attached hydrogens (tertiary/aromatic N) is 3. The summed E-state index contributed by atoms with van der Waals surface area (Å²) in [6, 6.07) is 16.5. The van der Waals surface area contributed by atoms with E-state index in [2.05, 4.69) is 22.5 Å². The number of hydrogen-bond donors (Lipinski definition) is 1. The maximum absolute atomic E-state index is 13.0. The van der Waals surface area contributed by atoms with Crippen LogP contribution in [-0.4, -0.2) is 33.2 Å². The molecule has 0 spiro atoms. The summed E-state index contributed by atoms with van der Waals surface area (Å²) in [5.41, 5.74) is 3.13. The van der Waals surface area contributed by atoms with Gasteiger partial charge in [0.15, 0.2) is 0 Å². The Morgan fingerprint density at radius 2 is 1.81 bits per heavy atom. The zero-order valence-corrected chi connectivity index (χ0v) is 14.9. The van der Waals surface area contributed by atoms with Gasteiger partial charge in [0.25, 0.3) is 0 Å². The molecule has 5 nitrogen and oxygen atoms in total. The number of carbonyl (C=O) groups is 1. The molecular weight excluding hydrogens is 343 g/mol. The standard InChI is InChI=1S/C21H21FN4O/c22-18-6-2-17(3-7-18)14-25-15-19(12-21(25)27)23-13-16-4-8-20(9-5-16)26-11-1-10-24-26/h1-11,19,23H,12-15H2/t19-/m0/s1. The number of halogens is 1. The Morgan fingerprint density at radius 3 is 2.52 bits per heavy atom. The third kappa shape index (κ3) is 4.23. The van der Waals surface area contributed by atoms with Crippen LogP contribution >= 0.6 is 0 Å². The fraction of sp³-hybridized carbons (Fsp3) is 0.238. The summed E-state index contributed by atoms with van der Waals surface area (Å²) in [6.07, 6.45) is 4.16. The molecule has 1 aliphatic rings. The van der Waals surface area contributed by atoms with E-state index in [1.807, 2.05) is 34.0 Å². The largest absolute Gasteiger partial charge is 0.337 e. The van der Waals surface area contributed by atoms with Gasteiger partial charge in [-0.3, -0.25) is 4.79 Å². The van der Waals surface area contributed by atoms with Crippen LogP contribution in [0.4, 0.5) is 4.39 Å². The van der Waals surface area contributed by atoms with Crippen molar-refractivity contribution in [2.24, 2.45) is 0 Å². The Bertz CT molecular complexity index is 891. The van der Waals surface area contributed by atoms with Crippen molar-refractivity contribution in [2.75, 3.05) is 6.54 Å². The summed E-state index contributed by atoms with van der Waals surface area (Å²) in [5, 5.41) is 7.68. The lowest BCUT2D eigenvalue weighted by Gasteiger charge is -2.17. The van der Waals surface area contributed by atoms with Crippen LogP contribution < -0.4 is 5.32 Å². The molecule has 0 saturated carbocycles. The molecule has 4 rings (SSSR count). The molecule has 3 aromatic rings. The molecule has 2 heterocycles. The fourth-order valence-electron chi connectivity index (χ4n) is 3.32. The van der Waals surface area contributed by atoms with Crippen molar-refractivity contribution in [3.8, 4) is 5.69 Å². The van der Waals surface area contributed by atoms with Crippen molar-refractivity contribution >= 4 is 5.91 Å². The van der Waals surface area contributed by atoms with Crippen LogP contribution in [0.15, 0.2) is 67.0 Å². The van der Waals surface area contributed by atoms with Crippen LogP contribution in [0.2, 0.25) is 0 Å². The van der Waals surface area contributed by atoms with Gasteiger partial charge in [-0.15, -0.1) is 0 Å². The summed E-state index contributed by atoms with van der Waals surface area (Å²) < 4.78 is 14.8. The van der Waals surface area contributed by atoms with Gasteiger partial charge in [0.05, 0.1) is 5.69 Å². The molecule has 0 aliphatic carbocycles. The van der Waals surface area contributed by atoms with Gasteiger partial charge in [-0.2, -0.15) is 5.10 Å². The third-order valence-electron chi connectivity index (χ3n) is 4.80. The summed E-state index contributed by atoms with van der Waals surface area (Å²) in [4.78, 5) is 14.1. The Labute approximate surface area is 157 Å². The molecule has 1 atom stereocenters. The number of nitrogens with one attached hydrogen (secondary N) is 1. The van der Waals surface area contributed by atoms with Gasteiger partial charge in [-0.1, -0.05) is 24.3 Å². The van der Waals surface area contributed by atoms with Gasteiger partial charge in [-0.05, 0) is 41.5 Å². The second kappa shape index (κ2) is 7.72. The third-order valence-corrected chi connectivity index (χ3v) is 4.80. The molecule has 1 saturated heterocycles. The van der Waals surface area contributed by atoms with Gasteiger partial charge >= 0.3 is 0 Å². The van der Waals surface area contributed by atoms with E-state index < -0.39 is 0 Å². The monoisotopic (exact) mass is 364 g/mol. The average molecular weight is 364 g/mol. The normalized spacial score (nSPS) is 16.9. The van der Waals surface area contributed by atoms with E-state index in [0.29, 0.717) is 26.1 Å². The molecule has 1 aromatic heterocycles. The minimum Gasteiger partial charge on any atom is -0.337 e. The fourth-order valence-corrected chi connectivity index (χ4v) is 3.32. The van der Waals surface area contributed by atoms with E-state index in [4.69, 9.17) is 0 Å². The molecule has 1 aliphatic heterocycles. The van der Waals surface area contributed by atoms with Gasteiger partial charge in [0.2, 0.25) is 5.91 Å². The minimum absolute atomic E-state index is 0.128. The topological polar surface area (TPSA) is 50.2 Å². The van der Waals surface area contributed by atoms with E-state index >= 15 is 0 Å². The van der Waals surface area contributed by atoms with Crippen LogP contribution in [0.5, 0.6) is 0 Å². The van der Waals surface area contributed by atoms with Crippen molar-refractivity contribution < 1.29 is 9.18 Å². The summed E-state index contributed by atoms with van der Waals surface area (Å²) in [6.45, 7) is 1.90. The van der Waals surface area contributed by atoms with Crippen LogP contribution in [0, 0.1) is 5.82 Å². The smallest absolute Gasteiger partial charge is 0.224 e. The lowest BCUT2D eigenvalue weighted by atomic mass is 10.2. The molecule has 138 valence electrons. The Morgan fingerprint density at radius 1 is 1.07 bits per heavy atom. The first-order valence-electron chi connectivity index (χ1n) is 9.02. The highest BCUT2D eigenvalue weighted by Crippen LogP contribution is 2.16. The Kier molecular flexibility index (Phi) is 4.98. The van der Waals surface area contributed by atoms with Crippen LogP contribution in [0.25, 0.3) is 5.69 Å². The number of carbonyl (C=O) groups excluding carboxylic acids is 1. The molecule has 0 bridgehead atoms. The first kappa shape index (κ1) is 17.4. The van der Waals surface area contributed by atoms with Gasteiger partial charge < -0.3 is 10.2 Å². The molecule has 0 unspecified atom stereocenters. The van der Waals surface area contributed by atoms with E-state index in [9.17, 15) is 9.18 Å². The first-order valence-corrected chi connectivity index (χ1v) is 9.02. The first-order chi connectivity index (χ1) is 13.2. The number of benzene rings is 2. The highest BCUT2D eigenvalue weighted by Gasteiger charge is 2.29.